The Labute approximate surface area is 140 Å². The fourth-order valence-electron chi connectivity index (χ4n) is 2.30. The van der Waals surface area contributed by atoms with E-state index in [-0.39, 0.29) is 11.9 Å². The summed E-state index contributed by atoms with van der Waals surface area (Å²) >= 11 is 1.63. The highest BCUT2D eigenvalue weighted by Gasteiger charge is 2.23. The predicted molar refractivity (Wildman–Crippen MR) is 90.9 cm³/mol. The molecule has 1 aromatic heterocycles. The highest BCUT2D eigenvalue weighted by atomic mass is 32.1. The highest BCUT2D eigenvalue weighted by molar-refractivity contribution is 7.10. The van der Waals surface area contributed by atoms with Crippen molar-refractivity contribution in [1.29, 1.82) is 0 Å². The summed E-state index contributed by atoms with van der Waals surface area (Å²) in [4.78, 5) is 15.6. The molecule has 0 aliphatic rings. The molecule has 2 aromatic rings. The average Bonchev–Trinajstić information content (AvgIpc) is 3.12. The second-order valence-corrected chi connectivity index (χ2v) is 6.00. The third-order valence-corrected chi connectivity index (χ3v) is 4.81. The number of carbonyl (C=O) groups excluding carboxylic acids is 1. The van der Waals surface area contributed by atoms with E-state index in [9.17, 15) is 4.79 Å². The van der Waals surface area contributed by atoms with Crippen LogP contribution in [0.4, 0.5) is 0 Å². The molecule has 0 N–H and O–H groups in total. The Kier molecular flexibility index (Phi) is 5.50. The summed E-state index contributed by atoms with van der Waals surface area (Å²) in [5.41, 5.74) is 0.491. The molecule has 2 rings (SSSR count). The molecular formula is C17H21NO4S. The zero-order chi connectivity index (χ0) is 17.0. The van der Waals surface area contributed by atoms with Crippen molar-refractivity contribution >= 4 is 17.2 Å². The first kappa shape index (κ1) is 17.1. The fraction of sp³-hybridized carbons (Fsp3) is 0.353. The number of ether oxygens (including phenoxy) is 3. The minimum Gasteiger partial charge on any atom is -0.493 e. The quantitative estimate of drug-likeness (QED) is 0.809. The Balaban J connectivity index is 2.35. The molecule has 23 heavy (non-hydrogen) atoms. The molecule has 0 radical (unpaired) electrons. The van der Waals surface area contributed by atoms with Crippen LogP contribution in [0.3, 0.4) is 0 Å². The molecule has 6 heteroatoms. The Morgan fingerprint density at radius 3 is 2.17 bits per heavy atom. The molecule has 1 atom stereocenters. The van der Waals surface area contributed by atoms with Crippen molar-refractivity contribution in [2.45, 2.75) is 13.0 Å². The smallest absolute Gasteiger partial charge is 0.254 e. The standard InChI is InChI=1S/C17H21NO4S/c1-11(15-7-6-8-23-15)18(2)17(19)12-9-13(20-3)16(22-5)14(10-12)21-4/h6-11H,1-5H3/t11-/m0/s1. The first-order valence-electron chi connectivity index (χ1n) is 7.14. The van der Waals surface area contributed by atoms with Gasteiger partial charge in [0, 0.05) is 17.5 Å². The van der Waals surface area contributed by atoms with E-state index in [1.807, 2.05) is 24.4 Å². The maximum atomic E-state index is 12.8. The largest absolute Gasteiger partial charge is 0.493 e. The normalized spacial score (nSPS) is 11.7. The van der Waals surface area contributed by atoms with Crippen LogP contribution in [0.5, 0.6) is 17.2 Å². The lowest BCUT2D eigenvalue weighted by Gasteiger charge is -2.25. The van der Waals surface area contributed by atoms with Gasteiger partial charge in [-0.25, -0.2) is 0 Å². The lowest BCUT2D eigenvalue weighted by Crippen LogP contribution is -2.29. The third kappa shape index (κ3) is 3.42. The second-order valence-electron chi connectivity index (χ2n) is 5.02. The number of carbonyl (C=O) groups is 1. The lowest BCUT2D eigenvalue weighted by atomic mass is 10.1. The van der Waals surface area contributed by atoms with E-state index >= 15 is 0 Å². The molecule has 0 unspecified atom stereocenters. The van der Waals surface area contributed by atoms with Gasteiger partial charge in [0.2, 0.25) is 5.75 Å². The van der Waals surface area contributed by atoms with Crippen LogP contribution in [0.25, 0.3) is 0 Å². The number of thiophene rings is 1. The summed E-state index contributed by atoms with van der Waals surface area (Å²) in [7, 11) is 6.38. The second kappa shape index (κ2) is 7.37. The van der Waals surface area contributed by atoms with Crippen LogP contribution in [0, 0.1) is 0 Å². The van der Waals surface area contributed by atoms with Gasteiger partial charge in [-0.3, -0.25) is 4.79 Å². The van der Waals surface area contributed by atoms with E-state index in [1.165, 1.54) is 21.3 Å². The molecular weight excluding hydrogens is 314 g/mol. The lowest BCUT2D eigenvalue weighted by molar-refractivity contribution is 0.0744. The van der Waals surface area contributed by atoms with Crippen molar-refractivity contribution in [2.75, 3.05) is 28.4 Å². The number of hydrogen-bond acceptors (Lipinski definition) is 5. The number of amides is 1. The molecule has 0 spiro atoms. The van der Waals surface area contributed by atoms with Gasteiger partial charge in [-0.15, -0.1) is 11.3 Å². The first-order valence-corrected chi connectivity index (χ1v) is 8.02. The van der Waals surface area contributed by atoms with Crippen molar-refractivity contribution < 1.29 is 19.0 Å². The maximum absolute atomic E-state index is 12.8. The van der Waals surface area contributed by atoms with Gasteiger partial charge in [0.15, 0.2) is 11.5 Å². The molecule has 1 amide bonds. The summed E-state index contributed by atoms with van der Waals surface area (Å²) in [6, 6.07) is 7.33. The van der Waals surface area contributed by atoms with Crippen molar-refractivity contribution in [3.8, 4) is 17.2 Å². The van der Waals surface area contributed by atoms with Crippen LogP contribution in [0.1, 0.15) is 28.2 Å². The van der Waals surface area contributed by atoms with Gasteiger partial charge in [0.05, 0.1) is 27.4 Å². The summed E-state index contributed by atoms with van der Waals surface area (Å²) in [6.07, 6.45) is 0. The zero-order valence-electron chi connectivity index (χ0n) is 14.0. The van der Waals surface area contributed by atoms with Crippen molar-refractivity contribution in [2.24, 2.45) is 0 Å². The molecule has 0 aliphatic carbocycles. The molecule has 0 fully saturated rings. The van der Waals surface area contributed by atoms with Crippen LogP contribution in [0.2, 0.25) is 0 Å². The first-order chi connectivity index (χ1) is 11.0. The Hall–Kier alpha value is -2.21. The Morgan fingerprint density at radius 2 is 1.74 bits per heavy atom. The topological polar surface area (TPSA) is 48.0 Å². The molecule has 0 bridgehead atoms. The van der Waals surface area contributed by atoms with Gasteiger partial charge in [-0.1, -0.05) is 6.07 Å². The van der Waals surface area contributed by atoms with Crippen LogP contribution < -0.4 is 14.2 Å². The average molecular weight is 335 g/mol. The molecule has 5 nitrogen and oxygen atoms in total. The van der Waals surface area contributed by atoms with E-state index in [2.05, 4.69) is 0 Å². The Morgan fingerprint density at radius 1 is 1.13 bits per heavy atom. The number of rotatable bonds is 6. The van der Waals surface area contributed by atoms with Crippen molar-refractivity contribution in [3.63, 3.8) is 0 Å². The third-order valence-electron chi connectivity index (χ3n) is 3.77. The van der Waals surface area contributed by atoms with E-state index in [4.69, 9.17) is 14.2 Å². The predicted octanol–water partition coefficient (Wildman–Crippen LogP) is 3.61. The van der Waals surface area contributed by atoms with E-state index < -0.39 is 0 Å². The van der Waals surface area contributed by atoms with Crippen molar-refractivity contribution in [1.82, 2.24) is 4.90 Å². The minimum absolute atomic E-state index is 0.0124. The summed E-state index contributed by atoms with van der Waals surface area (Å²) in [5.74, 6) is 1.30. The van der Waals surface area contributed by atoms with E-state index in [0.29, 0.717) is 22.8 Å². The molecule has 1 heterocycles. The van der Waals surface area contributed by atoms with Gasteiger partial charge in [-0.2, -0.15) is 0 Å². The maximum Gasteiger partial charge on any atom is 0.254 e. The van der Waals surface area contributed by atoms with Crippen LogP contribution in [0.15, 0.2) is 29.6 Å². The molecule has 124 valence electrons. The zero-order valence-corrected chi connectivity index (χ0v) is 14.8. The molecule has 0 aliphatic heterocycles. The monoisotopic (exact) mass is 335 g/mol. The fourth-order valence-corrected chi connectivity index (χ4v) is 3.13. The van der Waals surface area contributed by atoms with Crippen LogP contribution in [-0.4, -0.2) is 39.2 Å². The summed E-state index contributed by atoms with van der Waals surface area (Å²) < 4.78 is 15.9. The highest BCUT2D eigenvalue weighted by Crippen LogP contribution is 2.38. The molecule has 0 saturated heterocycles. The summed E-state index contributed by atoms with van der Waals surface area (Å²) in [6.45, 7) is 2.00. The SMILES string of the molecule is COc1cc(C(=O)N(C)[C@@H](C)c2cccs2)cc(OC)c1OC. The van der Waals surface area contributed by atoms with Gasteiger partial charge in [0.25, 0.3) is 5.91 Å². The van der Waals surface area contributed by atoms with Gasteiger partial charge >= 0.3 is 0 Å². The number of nitrogens with zero attached hydrogens (tertiary/aromatic N) is 1. The van der Waals surface area contributed by atoms with Crippen molar-refractivity contribution in [3.05, 3.63) is 40.1 Å². The summed E-state index contributed by atoms with van der Waals surface area (Å²) in [5, 5.41) is 2.00. The van der Waals surface area contributed by atoms with Crippen LogP contribution >= 0.6 is 11.3 Å². The molecule has 1 aromatic carbocycles. The van der Waals surface area contributed by atoms with Gasteiger partial charge in [0.1, 0.15) is 0 Å². The Bertz CT molecular complexity index is 644. The minimum atomic E-state index is -0.106. The van der Waals surface area contributed by atoms with E-state index in [0.717, 1.165) is 4.88 Å². The van der Waals surface area contributed by atoms with Gasteiger partial charge in [-0.05, 0) is 30.5 Å². The number of hydrogen-bond donors (Lipinski definition) is 0. The van der Waals surface area contributed by atoms with Gasteiger partial charge < -0.3 is 19.1 Å². The number of benzene rings is 1. The number of methoxy groups -OCH3 is 3. The van der Waals surface area contributed by atoms with Crippen LogP contribution in [-0.2, 0) is 0 Å². The molecule has 0 saturated carbocycles. The van der Waals surface area contributed by atoms with E-state index in [1.54, 1.807) is 35.4 Å².